The first-order chi connectivity index (χ1) is 8.45. The Morgan fingerprint density at radius 1 is 1.00 bits per heavy atom. The highest BCUT2D eigenvalue weighted by atomic mass is 32.1. The fourth-order valence-electron chi connectivity index (χ4n) is 1.92. The van der Waals surface area contributed by atoms with E-state index in [2.05, 4.69) is 64.0 Å². The highest BCUT2D eigenvalue weighted by molar-refractivity contribution is 7.81. The number of allylic oxidation sites excluding steroid dienone is 2. The molecule has 1 aliphatic heterocycles. The molecule has 0 saturated carbocycles. The van der Waals surface area contributed by atoms with Gasteiger partial charge in [0, 0.05) is 17.2 Å². The Morgan fingerprint density at radius 3 is 2.53 bits per heavy atom. The Balaban J connectivity index is 2.20. The lowest BCUT2D eigenvalue weighted by Crippen LogP contribution is -1.91. The van der Waals surface area contributed by atoms with Gasteiger partial charge in [-0.05, 0) is 28.0 Å². The van der Waals surface area contributed by atoms with E-state index in [1.165, 1.54) is 22.3 Å². The average Bonchev–Trinajstić information content (AvgIpc) is 3.04. The molecule has 0 atom stereocenters. The molecule has 17 heavy (non-hydrogen) atoms. The molecule has 0 fully saturated rings. The molecule has 0 bridgehead atoms. The summed E-state index contributed by atoms with van der Waals surface area (Å²) in [6.07, 6.45) is 2.19. The Hall–Kier alpha value is -1.51. The molecule has 0 aliphatic carbocycles. The van der Waals surface area contributed by atoms with Crippen molar-refractivity contribution >= 4 is 33.6 Å². The van der Waals surface area contributed by atoms with Gasteiger partial charge < -0.3 is 0 Å². The maximum atomic E-state index is 2.21. The van der Waals surface area contributed by atoms with Crippen molar-refractivity contribution in [2.24, 2.45) is 0 Å². The van der Waals surface area contributed by atoms with Crippen molar-refractivity contribution in [1.82, 2.24) is 0 Å². The number of thiophene rings is 1. The Bertz CT molecular complexity index is 573. The molecule has 0 N–H and O–H groups in total. The molecule has 3 rings (SSSR count). The third-order valence-corrected chi connectivity index (χ3v) is 4.05. The molecule has 0 unspecified atom stereocenters. The van der Waals surface area contributed by atoms with E-state index in [-0.39, 0.29) is 0 Å². The maximum absolute atomic E-state index is 2.21. The third-order valence-electron chi connectivity index (χ3n) is 2.68. The van der Waals surface area contributed by atoms with Crippen molar-refractivity contribution in [3.63, 3.8) is 0 Å². The molecule has 2 heterocycles. The van der Waals surface area contributed by atoms with E-state index in [4.69, 9.17) is 0 Å². The predicted molar refractivity (Wildman–Crippen MR) is 79.4 cm³/mol. The minimum atomic E-state index is 1.28. The van der Waals surface area contributed by atoms with Crippen molar-refractivity contribution < 1.29 is 0 Å². The van der Waals surface area contributed by atoms with E-state index in [0.29, 0.717) is 0 Å². The lowest BCUT2D eigenvalue weighted by atomic mass is 9.96. The van der Waals surface area contributed by atoms with Gasteiger partial charge in [-0.25, -0.2) is 0 Å². The van der Waals surface area contributed by atoms with Crippen LogP contribution in [0.2, 0.25) is 0 Å². The number of hydrogen-bond donors (Lipinski definition) is 0. The molecule has 1 aromatic heterocycles. The monoisotopic (exact) mass is 255 g/mol. The molecule has 2 heteroatoms. The Morgan fingerprint density at radius 2 is 1.88 bits per heavy atom. The lowest BCUT2D eigenvalue weighted by molar-refractivity contribution is 1.57. The molecule has 0 spiro atoms. The molecule has 82 valence electrons. The van der Waals surface area contributed by atoms with Crippen molar-refractivity contribution in [3.8, 4) is 0 Å². The summed E-state index contributed by atoms with van der Waals surface area (Å²) in [5.41, 5.74) is 5.22. The van der Waals surface area contributed by atoms with Crippen molar-refractivity contribution in [2.45, 2.75) is 0 Å². The van der Waals surface area contributed by atoms with Gasteiger partial charge >= 0.3 is 0 Å². The van der Waals surface area contributed by atoms with Crippen LogP contribution in [0.5, 0.6) is 0 Å². The van der Waals surface area contributed by atoms with Crippen LogP contribution in [0.1, 0.15) is 11.1 Å². The van der Waals surface area contributed by atoms with Crippen LogP contribution in [-0.4, -0.2) is 5.37 Å². The second-order valence-corrected chi connectivity index (χ2v) is 5.33. The van der Waals surface area contributed by atoms with E-state index in [1.54, 1.807) is 22.7 Å². The van der Waals surface area contributed by atoms with Crippen LogP contribution < -0.4 is 0 Å². The summed E-state index contributed by atoms with van der Waals surface area (Å²) < 4.78 is 0. The largest absolute Gasteiger partial charge is 0.212 e. The first kappa shape index (κ1) is 10.6. The Kier molecular flexibility index (Phi) is 2.99. The molecule has 0 amide bonds. The molecule has 2 aromatic rings. The number of benzene rings is 1. The van der Waals surface area contributed by atoms with Gasteiger partial charge in [-0.3, -0.25) is 0 Å². The van der Waals surface area contributed by atoms with E-state index >= 15 is 0 Å². The minimum absolute atomic E-state index is 1.28. The molecular weight excluding hydrogens is 244 g/mol. The van der Waals surface area contributed by atoms with E-state index in [0.717, 1.165) is 0 Å². The highest BCUT2D eigenvalue weighted by Gasteiger charge is 2.14. The van der Waals surface area contributed by atoms with Crippen LogP contribution in [0.3, 0.4) is 0 Å². The fourth-order valence-corrected chi connectivity index (χ4v) is 3.21. The molecule has 1 aliphatic rings. The predicted octanol–water partition coefficient (Wildman–Crippen LogP) is 3.96. The summed E-state index contributed by atoms with van der Waals surface area (Å²) in [5.74, 6) is 0. The van der Waals surface area contributed by atoms with Gasteiger partial charge in [0.1, 0.15) is 0 Å². The SMILES string of the molecule is C1=C/C(=C(\c2ccccc2)c2ccsc2)C=[S+]1. The van der Waals surface area contributed by atoms with Crippen molar-refractivity contribution in [2.75, 3.05) is 0 Å². The third kappa shape index (κ3) is 2.14. The van der Waals surface area contributed by atoms with Gasteiger partial charge in [0.2, 0.25) is 16.7 Å². The van der Waals surface area contributed by atoms with Crippen molar-refractivity contribution in [3.05, 3.63) is 75.3 Å². The lowest BCUT2D eigenvalue weighted by Gasteiger charge is -2.06. The standard InChI is InChI=1S/C15H11S2/c1-2-4-12(5-3-1)15(13-6-8-16-10-13)14-7-9-17-11-14/h1-11H/q+1. The van der Waals surface area contributed by atoms with E-state index < -0.39 is 0 Å². The van der Waals surface area contributed by atoms with Crippen LogP contribution >= 0.6 is 11.3 Å². The molecule has 0 nitrogen and oxygen atoms in total. The van der Waals surface area contributed by atoms with E-state index in [1.807, 2.05) is 0 Å². The van der Waals surface area contributed by atoms with Crippen molar-refractivity contribution in [1.29, 1.82) is 0 Å². The first-order valence-corrected chi connectivity index (χ1v) is 7.31. The van der Waals surface area contributed by atoms with Gasteiger partial charge in [0.05, 0.1) is 0 Å². The summed E-state index contributed by atoms with van der Waals surface area (Å²) >= 11 is 3.48. The van der Waals surface area contributed by atoms with Crippen LogP contribution in [0.15, 0.2) is 64.2 Å². The van der Waals surface area contributed by atoms with E-state index in [9.17, 15) is 0 Å². The highest BCUT2D eigenvalue weighted by Crippen LogP contribution is 2.29. The molecule has 1 aromatic carbocycles. The van der Waals surface area contributed by atoms with Gasteiger partial charge in [0.15, 0.2) is 5.41 Å². The van der Waals surface area contributed by atoms with Crippen LogP contribution in [-0.2, 0) is 11.4 Å². The van der Waals surface area contributed by atoms with Gasteiger partial charge in [-0.15, -0.1) is 0 Å². The van der Waals surface area contributed by atoms with Gasteiger partial charge in [-0.2, -0.15) is 11.3 Å². The number of hydrogen-bond acceptors (Lipinski definition) is 1. The zero-order valence-electron chi connectivity index (χ0n) is 9.17. The van der Waals surface area contributed by atoms with Gasteiger partial charge in [-0.1, -0.05) is 30.3 Å². The normalized spacial score (nSPS) is 16.5. The zero-order chi connectivity index (χ0) is 11.5. The van der Waals surface area contributed by atoms with Crippen LogP contribution in [0.4, 0.5) is 0 Å². The summed E-state index contributed by atoms with van der Waals surface area (Å²) in [6, 6.07) is 12.8. The minimum Gasteiger partial charge on any atom is -0.152 e. The maximum Gasteiger partial charge on any atom is 0.212 e. The Labute approximate surface area is 109 Å². The smallest absolute Gasteiger partial charge is 0.152 e. The quantitative estimate of drug-likeness (QED) is 0.433. The summed E-state index contributed by atoms with van der Waals surface area (Å²) in [6.45, 7) is 0. The number of rotatable bonds is 2. The van der Waals surface area contributed by atoms with Crippen LogP contribution in [0.25, 0.3) is 5.57 Å². The molecule has 0 radical (unpaired) electrons. The average molecular weight is 255 g/mol. The zero-order valence-corrected chi connectivity index (χ0v) is 10.8. The second-order valence-electron chi connectivity index (χ2n) is 3.77. The fraction of sp³-hybridized carbons (Fsp3) is 0. The summed E-state index contributed by atoms with van der Waals surface area (Å²) in [5, 5.41) is 8.68. The van der Waals surface area contributed by atoms with Crippen LogP contribution in [0, 0.1) is 0 Å². The molecular formula is C15H11S2+. The first-order valence-electron chi connectivity index (χ1n) is 5.42. The summed E-state index contributed by atoms with van der Waals surface area (Å²) in [7, 11) is 0. The summed E-state index contributed by atoms with van der Waals surface area (Å²) in [4.78, 5) is 0. The topological polar surface area (TPSA) is 0 Å². The molecule has 0 saturated heterocycles. The van der Waals surface area contributed by atoms with Gasteiger partial charge in [0.25, 0.3) is 0 Å². The second kappa shape index (κ2) is 4.78.